The number of imidazole rings is 1. The Balaban J connectivity index is 2.09. The van der Waals surface area contributed by atoms with E-state index in [1.165, 1.54) is 6.07 Å². The predicted molar refractivity (Wildman–Crippen MR) is 73.5 cm³/mol. The van der Waals surface area contributed by atoms with Gasteiger partial charge in [-0.3, -0.25) is 0 Å². The first kappa shape index (κ1) is 13.4. The Bertz CT molecular complexity index is 554. The lowest BCUT2D eigenvalue weighted by atomic mass is 10.1. The van der Waals surface area contributed by atoms with E-state index in [1.807, 2.05) is 24.6 Å². The second-order valence-electron chi connectivity index (χ2n) is 4.08. The molecule has 0 fully saturated rings. The largest absolute Gasteiger partial charge is 0.325 e. The Hall–Kier alpha value is -1.00. The maximum absolute atomic E-state index is 13.0. The summed E-state index contributed by atoms with van der Waals surface area (Å²) in [7, 11) is 1.95. The summed E-state index contributed by atoms with van der Waals surface area (Å²) in [6.45, 7) is 1.92. The van der Waals surface area contributed by atoms with Crippen molar-refractivity contribution in [2.45, 2.75) is 23.7 Å². The fourth-order valence-corrected chi connectivity index (χ4v) is 2.94. The molecule has 0 N–H and O–H groups in total. The molecule has 0 saturated carbocycles. The van der Waals surface area contributed by atoms with Crippen LogP contribution in [0.1, 0.15) is 16.8 Å². The fourth-order valence-electron chi connectivity index (χ4n) is 1.65. The summed E-state index contributed by atoms with van der Waals surface area (Å²) < 4.78 is 15.0. The number of hydrogen-bond donors (Lipinski definition) is 0. The van der Waals surface area contributed by atoms with Crippen LogP contribution in [0.25, 0.3) is 0 Å². The molecule has 2 aromatic rings. The molecule has 0 aliphatic heterocycles. The second kappa shape index (κ2) is 5.76. The van der Waals surface area contributed by atoms with Crippen molar-refractivity contribution in [3.05, 3.63) is 47.0 Å². The number of nitrogens with zero attached hydrogens (tertiary/aromatic N) is 2. The quantitative estimate of drug-likeness (QED) is 0.626. The Morgan fingerprint density at radius 2 is 2.22 bits per heavy atom. The number of hydrogen-bond acceptors (Lipinski definition) is 2. The average Bonchev–Trinajstić information content (AvgIpc) is 2.69. The lowest BCUT2D eigenvalue weighted by Crippen LogP contribution is -1.96. The maximum atomic E-state index is 13.0. The Morgan fingerprint density at radius 1 is 1.44 bits per heavy atom. The van der Waals surface area contributed by atoms with Gasteiger partial charge in [-0.25, -0.2) is 9.37 Å². The Labute approximate surface area is 115 Å². The number of benzene rings is 1. The van der Waals surface area contributed by atoms with Gasteiger partial charge in [0.1, 0.15) is 5.82 Å². The summed E-state index contributed by atoms with van der Waals surface area (Å²) in [5.41, 5.74) is 3.08. The molecule has 1 heterocycles. The molecule has 0 amide bonds. The number of halogens is 2. The van der Waals surface area contributed by atoms with Crippen molar-refractivity contribution in [1.29, 1.82) is 0 Å². The lowest BCUT2D eigenvalue weighted by molar-refractivity contribution is 0.626. The first-order valence-electron chi connectivity index (χ1n) is 5.56. The maximum Gasteiger partial charge on any atom is 0.168 e. The third kappa shape index (κ3) is 2.87. The van der Waals surface area contributed by atoms with Crippen LogP contribution in [0, 0.1) is 12.7 Å². The normalized spacial score (nSPS) is 10.9. The summed E-state index contributed by atoms with van der Waals surface area (Å²) in [6.07, 6.45) is 1.78. The summed E-state index contributed by atoms with van der Waals surface area (Å²) in [5, 5.41) is 0.925. The number of rotatable bonds is 4. The van der Waals surface area contributed by atoms with Crippen LogP contribution in [-0.2, 0) is 18.7 Å². The van der Waals surface area contributed by atoms with E-state index in [0.717, 1.165) is 27.7 Å². The monoisotopic (exact) mass is 284 g/mol. The molecular formula is C13H14ClFN2S. The minimum Gasteiger partial charge on any atom is -0.325 e. The smallest absolute Gasteiger partial charge is 0.168 e. The minimum atomic E-state index is -0.192. The molecule has 0 atom stereocenters. The molecule has 2 nitrogen and oxygen atoms in total. The number of alkyl halides is 1. The van der Waals surface area contributed by atoms with Crippen LogP contribution in [-0.4, -0.2) is 9.55 Å². The van der Waals surface area contributed by atoms with Gasteiger partial charge in [0, 0.05) is 12.8 Å². The average molecular weight is 285 g/mol. The van der Waals surface area contributed by atoms with Gasteiger partial charge in [-0.1, -0.05) is 17.8 Å². The van der Waals surface area contributed by atoms with Crippen molar-refractivity contribution in [2.24, 2.45) is 7.05 Å². The second-order valence-corrected chi connectivity index (χ2v) is 5.29. The van der Waals surface area contributed by atoms with Gasteiger partial charge in [-0.05, 0) is 30.2 Å². The van der Waals surface area contributed by atoms with Crippen molar-refractivity contribution in [2.75, 3.05) is 0 Å². The summed E-state index contributed by atoms with van der Waals surface area (Å²) >= 11 is 7.42. The molecule has 1 aromatic carbocycles. The number of aromatic nitrogens is 2. The van der Waals surface area contributed by atoms with Crippen LogP contribution in [0.3, 0.4) is 0 Å². The number of thioether (sulfide) groups is 1. The van der Waals surface area contributed by atoms with Gasteiger partial charge in [0.25, 0.3) is 0 Å². The summed E-state index contributed by atoms with van der Waals surface area (Å²) in [4.78, 5) is 4.32. The van der Waals surface area contributed by atoms with E-state index in [9.17, 15) is 4.39 Å². The molecule has 0 saturated heterocycles. The first-order valence-corrected chi connectivity index (χ1v) is 7.08. The zero-order valence-corrected chi connectivity index (χ0v) is 11.9. The minimum absolute atomic E-state index is 0.192. The number of aryl methyl sites for hydroxylation is 1. The van der Waals surface area contributed by atoms with Crippen molar-refractivity contribution < 1.29 is 4.39 Å². The topological polar surface area (TPSA) is 17.8 Å². The molecule has 0 radical (unpaired) electrons. The van der Waals surface area contributed by atoms with Crippen molar-refractivity contribution in [1.82, 2.24) is 9.55 Å². The molecule has 96 valence electrons. The summed E-state index contributed by atoms with van der Waals surface area (Å²) in [5.74, 6) is 1.04. The van der Waals surface area contributed by atoms with Crippen LogP contribution >= 0.6 is 23.4 Å². The third-order valence-electron chi connectivity index (χ3n) is 2.84. The van der Waals surface area contributed by atoms with E-state index in [-0.39, 0.29) is 5.82 Å². The van der Waals surface area contributed by atoms with Crippen LogP contribution in [0.2, 0.25) is 0 Å². The zero-order valence-electron chi connectivity index (χ0n) is 10.3. The van der Waals surface area contributed by atoms with Gasteiger partial charge in [0.2, 0.25) is 0 Å². The SMILES string of the molecule is Cc1cc(F)ccc1CSc1ncc(CCl)n1C. The summed E-state index contributed by atoms with van der Waals surface area (Å²) in [6, 6.07) is 4.87. The van der Waals surface area contributed by atoms with E-state index in [4.69, 9.17) is 11.6 Å². The van der Waals surface area contributed by atoms with Crippen LogP contribution in [0.5, 0.6) is 0 Å². The van der Waals surface area contributed by atoms with Gasteiger partial charge < -0.3 is 4.57 Å². The molecule has 1 aromatic heterocycles. The van der Waals surface area contributed by atoms with Crippen molar-refractivity contribution in [3.63, 3.8) is 0 Å². The molecule has 2 rings (SSSR count). The van der Waals surface area contributed by atoms with E-state index in [2.05, 4.69) is 4.98 Å². The fraction of sp³-hybridized carbons (Fsp3) is 0.308. The highest BCUT2D eigenvalue weighted by atomic mass is 35.5. The van der Waals surface area contributed by atoms with Gasteiger partial charge in [0.05, 0.1) is 17.8 Å². The van der Waals surface area contributed by atoms with Gasteiger partial charge in [-0.2, -0.15) is 0 Å². The van der Waals surface area contributed by atoms with Gasteiger partial charge in [0.15, 0.2) is 5.16 Å². The molecular weight excluding hydrogens is 271 g/mol. The van der Waals surface area contributed by atoms with Gasteiger partial charge >= 0.3 is 0 Å². The predicted octanol–water partition coefficient (Wildman–Crippen LogP) is 3.90. The highest BCUT2D eigenvalue weighted by Crippen LogP contribution is 2.24. The van der Waals surface area contributed by atoms with Gasteiger partial charge in [-0.15, -0.1) is 11.6 Å². The van der Waals surface area contributed by atoms with Crippen molar-refractivity contribution in [3.8, 4) is 0 Å². The molecule has 5 heteroatoms. The molecule has 0 unspecified atom stereocenters. The van der Waals surface area contributed by atoms with Crippen molar-refractivity contribution >= 4 is 23.4 Å². The molecule has 0 bridgehead atoms. The van der Waals surface area contributed by atoms with E-state index < -0.39 is 0 Å². The van der Waals surface area contributed by atoms with Crippen LogP contribution in [0.4, 0.5) is 4.39 Å². The highest BCUT2D eigenvalue weighted by molar-refractivity contribution is 7.98. The first-order chi connectivity index (χ1) is 8.61. The van der Waals surface area contributed by atoms with Crippen LogP contribution < -0.4 is 0 Å². The molecule has 0 aliphatic carbocycles. The highest BCUT2D eigenvalue weighted by Gasteiger charge is 2.07. The Kier molecular flexibility index (Phi) is 4.30. The molecule has 0 aliphatic rings. The van der Waals surface area contributed by atoms with E-state index in [0.29, 0.717) is 5.88 Å². The van der Waals surface area contributed by atoms with E-state index >= 15 is 0 Å². The standard InChI is InChI=1S/C13H14ClFN2S/c1-9-5-11(15)4-3-10(9)8-18-13-16-7-12(6-14)17(13)2/h3-5,7H,6,8H2,1-2H3. The zero-order chi connectivity index (χ0) is 13.1. The third-order valence-corrected chi connectivity index (χ3v) is 4.21. The van der Waals surface area contributed by atoms with E-state index in [1.54, 1.807) is 24.0 Å². The molecule has 0 spiro atoms. The lowest BCUT2D eigenvalue weighted by Gasteiger charge is -2.06. The molecule has 18 heavy (non-hydrogen) atoms. The Morgan fingerprint density at radius 3 is 2.83 bits per heavy atom. The van der Waals surface area contributed by atoms with Crippen LogP contribution in [0.15, 0.2) is 29.6 Å².